The molecule has 0 radical (unpaired) electrons. The molecule has 0 atom stereocenters. The van der Waals surface area contributed by atoms with E-state index in [9.17, 15) is 13.2 Å². The highest BCUT2D eigenvalue weighted by Crippen LogP contribution is 2.24. The zero-order chi connectivity index (χ0) is 19.4. The number of likely N-dealkylation sites (N-methyl/N-ethyl adjacent to an activating group) is 1. The van der Waals surface area contributed by atoms with Crippen LogP contribution in [-0.4, -0.2) is 57.5 Å². The van der Waals surface area contributed by atoms with Crippen LogP contribution in [0.1, 0.15) is 10.4 Å². The lowest BCUT2D eigenvalue weighted by Crippen LogP contribution is -2.52. The summed E-state index contributed by atoms with van der Waals surface area (Å²) in [6.45, 7) is 3.25. The number of halogens is 1. The Kier molecular flexibility index (Phi) is 6.01. The number of para-hydroxylation sites is 1. The molecule has 0 unspecified atom stereocenters. The molecule has 27 heavy (non-hydrogen) atoms. The van der Waals surface area contributed by atoms with E-state index in [1.54, 1.807) is 24.3 Å². The number of rotatable bonds is 5. The molecule has 2 N–H and O–H groups in total. The summed E-state index contributed by atoms with van der Waals surface area (Å²) >= 11 is 6.00. The minimum absolute atomic E-state index is 0.0542. The monoisotopic (exact) mass is 408 g/mol. The van der Waals surface area contributed by atoms with Gasteiger partial charge >= 0.3 is 0 Å². The topological polar surface area (TPSA) is 81.8 Å². The van der Waals surface area contributed by atoms with E-state index in [0.717, 1.165) is 26.2 Å². The molecule has 0 aromatic heterocycles. The SMILES string of the molecule is CN1CCN(NC(=O)c2ccc(S(=O)(=O)Nc3ccccc3Cl)cc2)CC1. The van der Waals surface area contributed by atoms with Gasteiger partial charge < -0.3 is 4.90 Å². The summed E-state index contributed by atoms with van der Waals surface area (Å²) in [4.78, 5) is 14.6. The first kappa shape index (κ1) is 19.6. The van der Waals surface area contributed by atoms with Gasteiger partial charge in [0.25, 0.3) is 15.9 Å². The molecular weight excluding hydrogens is 388 g/mol. The van der Waals surface area contributed by atoms with Crippen LogP contribution in [0.15, 0.2) is 53.4 Å². The van der Waals surface area contributed by atoms with Crippen molar-refractivity contribution in [1.82, 2.24) is 15.3 Å². The first-order valence-corrected chi connectivity index (χ1v) is 10.3. The van der Waals surface area contributed by atoms with Gasteiger partial charge in [-0.15, -0.1) is 0 Å². The summed E-state index contributed by atoms with van der Waals surface area (Å²) < 4.78 is 27.4. The third kappa shape index (κ3) is 4.98. The van der Waals surface area contributed by atoms with Crippen molar-refractivity contribution in [1.29, 1.82) is 0 Å². The molecule has 1 amide bonds. The Hall–Kier alpha value is -2.13. The Balaban J connectivity index is 1.67. The van der Waals surface area contributed by atoms with E-state index in [-0.39, 0.29) is 10.8 Å². The van der Waals surface area contributed by atoms with Crippen LogP contribution in [0, 0.1) is 0 Å². The minimum atomic E-state index is -3.79. The van der Waals surface area contributed by atoms with Gasteiger partial charge in [0, 0.05) is 31.7 Å². The smallest absolute Gasteiger partial charge is 0.265 e. The van der Waals surface area contributed by atoms with Crippen LogP contribution < -0.4 is 10.1 Å². The molecule has 7 nitrogen and oxygen atoms in total. The first-order chi connectivity index (χ1) is 12.8. The van der Waals surface area contributed by atoms with Crippen molar-refractivity contribution in [2.24, 2.45) is 0 Å². The van der Waals surface area contributed by atoms with Crippen molar-refractivity contribution in [2.75, 3.05) is 37.9 Å². The minimum Gasteiger partial charge on any atom is -0.304 e. The maximum absolute atomic E-state index is 12.5. The van der Waals surface area contributed by atoms with Gasteiger partial charge in [-0.05, 0) is 43.4 Å². The molecule has 0 bridgehead atoms. The molecule has 0 aliphatic carbocycles. The molecule has 2 aromatic rings. The summed E-state index contributed by atoms with van der Waals surface area (Å²) in [5.41, 5.74) is 3.54. The largest absolute Gasteiger partial charge is 0.304 e. The zero-order valence-electron chi connectivity index (χ0n) is 14.9. The highest BCUT2D eigenvalue weighted by atomic mass is 35.5. The Morgan fingerprint density at radius 3 is 2.26 bits per heavy atom. The van der Waals surface area contributed by atoms with Gasteiger partial charge in [-0.2, -0.15) is 0 Å². The van der Waals surface area contributed by atoms with Crippen molar-refractivity contribution in [3.63, 3.8) is 0 Å². The average Bonchev–Trinajstić information content (AvgIpc) is 2.65. The fraction of sp³-hybridized carbons (Fsp3) is 0.278. The lowest BCUT2D eigenvalue weighted by molar-refractivity contribution is 0.0662. The lowest BCUT2D eigenvalue weighted by atomic mass is 10.2. The zero-order valence-corrected chi connectivity index (χ0v) is 16.4. The molecule has 2 aromatic carbocycles. The van der Waals surface area contributed by atoms with E-state index >= 15 is 0 Å². The van der Waals surface area contributed by atoms with E-state index in [2.05, 4.69) is 15.0 Å². The number of hydrogen-bond donors (Lipinski definition) is 2. The summed E-state index contributed by atoms with van der Waals surface area (Å²) in [6, 6.07) is 12.4. The van der Waals surface area contributed by atoms with Crippen molar-refractivity contribution < 1.29 is 13.2 Å². The maximum atomic E-state index is 12.5. The van der Waals surface area contributed by atoms with Crippen LogP contribution in [0.3, 0.4) is 0 Å². The summed E-state index contributed by atoms with van der Waals surface area (Å²) in [6.07, 6.45) is 0. The van der Waals surface area contributed by atoms with Gasteiger partial charge in [-0.3, -0.25) is 14.9 Å². The lowest BCUT2D eigenvalue weighted by Gasteiger charge is -2.32. The molecule has 9 heteroatoms. The second kappa shape index (κ2) is 8.26. The van der Waals surface area contributed by atoms with E-state index < -0.39 is 10.0 Å². The Morgan fingerprint density at radius 1 is 1.00 bits per heavy atom. The normalized spacial score (nSPS) is 16.1. The number of hydrogen-bond acceptors (Lipinski definition) is 5. The standard InChI is InChI=1S/C18H21ClN4O3S/c1-22-10-12-23(13-11-22)20-18(24)14-6-8-15(9-7-14)27(25,26)21-17-5-3-2-4-16(17)19/h2-9,21H,10-13H2,1H3,(H,20,24). The molecule has 0 spiro atoms. The van der Waals surface area contributed by atoms with Crippen molar-refractivity contribution in [2.45, 2.75) is 4.90 Å². The van der Waals surface area contributed by atoms with E-state index in [4.69, 9.17) is 11.6 Å². The van der Waals surface area contributed by atoms with Crippen LogP contribution in [-0.2, 0) is 10.0 Å². The number of carbonyl (C=O) groups is 1. The Bertz CT molecular complexity index is 910. The predicted octanol–water partition coefficient (Wildman–Crippen LogP) is 2.03. The van der Waals surface area contributed by atoms with Gasteiger partial charge in [0.15, 0.2) is 0 Å². The molecule has 1 saturated heterocycles. The van der Waals surface area contributed by atoms with Crippen molar-refractivity contribution in [3.05, 3.63) is 59.1 Å². The number of piperazine rings is 1. The Morgan fingerprint density at radius 2 is 1.63 bits per heavy atom. The second-order valence-corrected chi connectivity index (χ2v) is 8.43. The third-order valence-corrected chi connectivity index (χ3v) is 6.02. The van der Waals surface area contributed by atoms with Crippen LogP contribution in [0.4, 0.5) is 5.69 Å². The number of carbonyl (C=O) groups excluding carboxylic acids is 1. The van der Waals surface area contributed by atoms with E-state index in [0.29, 0.717) is 16.3 Å². The molecule has 0 saturated carbocycles. The van der Waals surface area contributed by atoms with Crippen LogP contribution in [0.2, 0.25) is 5.02 Å². The molecule has 3 rings (SSSR count). The quantitative estimate of drug-likeness (QED) is 0.791. The fourth-order valence-corrected chi connectivity index (χ4v) is 3.98. The second-order valence-electron chi connectivity index (χ2n) is 6.34. The van der Waals surface area contributed by atoms with Gasteiger partial charge in [0.2, 0.25) is 0 Å². The van der Waals surface area contributed by atoms with Gasteiger partial charge in [0.1, 0.15) is 0 Å². The Labute approximate surface area is 163 Å². The number of anilines is 1. The fourth-order valence-electron chi connectivity index (χ4n) is 2.66. The van der Waals surface area contributed by atoms with Gasteiger partial charge in [-0.25, -0.2) is 13.4 Å². The number of hydrazine groups is 1. The number of sulfonamides is 1. The molecule has 1 fully saturated rings. The molecular formula is C18H21ClN4O3S. The molecule has 1 heterocycles. The van der Waals surface area contributed by atoms with Crippen molar-refractivity contribution in [3.8, 4) is 0 Å². The van der Waals surface area contributed by atoms with E-state index in [1.807, 2.05) is 12.1 Å². The van der Waals surface area contributed by atoms with Crippen LogP contribution in [0.25, 0.3) is 0 Å². The van der Waals surface area contributed by atoms with Crippen LogP contribution >= 0.6 is 11.6 Å². The maximum Gasteiger partial charge on any atom is 0.265 e. The van der Waals surface area contributed by atoms with Crippen molar-refractivity contribution >= 4 is 33.2 Å². The first-order valence-electron chi connectivity index (χ1n) is 8.47. The molecule has 1 aliphatic heterocycles. The summed E-state index contributed by atoms with van der Waals surface area (Å²) in [5, 5.41) is 2.18. The average molecular weight is 409 g/mol. The number of benzene rings is 2. The summed E-state index contributed by atoms with van der Waals surface area (Å²) in [5.74, 6) is -0.262. The molecule has 144 valence electrons. The van der Waals surface area contributed by atoms with Crippen LogP contribution in [0.5, 0.6) is 0 Å². The van der Waals surface area contributed by atoms with Gasteiger partial charge in [0.05, 0.1) is 15.6 Å². The highest BCUT2D eigenvalue weighted by Gasteiger charge is 2.19. The number of nitrogens with zero attached hydrogens (tertiary/aromatic N) is 2. The number of nitrogens with one attached hydrogen (secondary N) is 2. The summed E-state index contributed by atoms with van der Waals surface area (Å²) in [7, 11) is -1.76. The number of amides is 1. The molecule has 1 aliphatic rings. The predicted molar refractivity (Wildman–Crippen MR) is 105 cm³/mol. The third-order valence-electron chi connectivity index (χ3n) is 4.31. The van der Waals surface area contributed by atoms with E-state index in [1.165, 1.54) is 24.3 Å². The highest BCUT2D eigenvalue weighted by molar-refractivity contribution is 7.92. The van der Waals surface area contributed by atoms with Gasteiger partial charge in [-0.1, -0.05) is 23.7 Å².